The SMILES string of the molecule is CCOC[C@@H]1CN(C(=O)c2cccs2)Cc2cnn(C)c21. The highest BCUT2D eigenvalue weighted by molar-refractivity contribution is 7.12. The van der Waals surface area contributed by atoms with Crippen LogP contribution in [0, 0.1) is 0 Å². The summed E-state index contributed by atoms with van der Waals surface area (Å²) < 4.78 is 7.51. The van der Waals surface area contributed by atoms with Crippen LogP contribution in [0.15, 0.2) is 23.7 Å². The number of thiophene rings is 1. The average Bonchev–Trinajstić information content (AvgIpc) is 3.14. The van der Waals surface area contributed by atoms with Gasteiger partial charge in [-0.05, 0) is 18.4 Å². The van der Waals surface area contributed by atoms with E-state index >= 15 is 0 Å². The van der Waals surface area contributed by atoms with Crippen molar-refractivity contribution in [3.63, 3.8) is 0 Å². The molecule has 1 amide bonds. The molecule has 0 saturated heterocycles. The van der Waals surface area contributed by atoms with E-state index in [1.54, 1.807) is 0 Å². The lowest BCUT2D eigenvalue weighted by molar-refractivity contribution is 0.0652. The molecule has 3 rings (SSSR count). The quantitative estimate of drug-likeness (QED) is 0.870. The molecule has 6 heteroatoms. The molecule has 2 aromatic rings. The number of nitrogens with zero attached hydrogens (tertiary/aromatic N) is 3. The van der Waals surface area contributed by atoms with Crippen LogP contribution in [0.4, 0.5) is 0 Å². The molecule has 0 N–H and O–H groups in total. The molecule has 0 radical (unpaired) electrons. The van der Waals surface area contributed by atoms with Crippen LogP contribution >= 0.6 is 11.3 Å². The van der Waals surface area contributed by atoms with Crippen molar-refractivity contribution in [3.8, 4) is 0 Å². The summed E-state index contributed by atoms with van der Waals surface area (Å²) in [4.78, 5) is 15.3. The Morgan fingerprint density at radius 2 is 2.43 bits per heavy atom. The third-order valence-corrected chi connectivity index (χ3v) is 4.65. The van der Waals surface area contributed by atoms with Gasteiger partial charge in [0.1, 0.15) is 0 Å². The first kappa shape index (κ1) is 14.3. The number of hydrogen-bond donors (Lipinski definition) is 0. The van der Waals surface area contributed by atoms with Gasteiger partial charge in [-0.25, -0.2) is 0 Å². The number of hydrogen-bond acceptors (Lipinski definition) is 4. The summed E-state index contributed by atoms with van der Waals surface area (Å²) in [5.74, 6) is 0.283. The maximum absolute atomic E-state index is 12.6. The highest BCUT2D eigenvalue weighted by Gasteiger charge is 2.31. The Hall–Kier alpha value is -1.66. The van der Waals surface area contributed by atoms with E-state index in [9.17, 15) is 4.79 Å². The van der Waals surface area contributed by atoms with Crippen molar-refractivity contribution in [2.45, 2.75) is 19.4 Å². The minimum Gasteiger partial charge on any atom is -0.381 e. The summed E-state index contributed by atoms with van der Waals surface area (Å²) in [6, 6.07) is 3.79. The van der Waals surface area contributed by atoms with E-state index in [1.807, 2.05) is 47.3 Å². The number of carbonyl (C=O) groups is 1. The topological polar surface area (TPSA) is 47.4 Å². The molecule has 112 valence electrons. The Bertz CT molecular complexity index is 621. The van der Waals surface area contributed by atoms with E-state index < -0.39 is 0 Å². The van der Waals surface area contributed by atoms with Gasteiger partial charge in [0.05, 0.1) is 23.4 Å². The predicted octanol–water partition coefficient (Wildman–Crippen LogP) is 2.26. The largest absolute Gasteiger partial charge is 0.381 e. The number of carbonyl (C=O) groups excluding carboxylic acids is 1. The van der Waals surface area contributed by atoms with E-state index in [4.69, 9.17) is 4.74 Å². The van der Waals surface area contributed by atoms with Crippen molar-refractivity contribution in [1.29, 1.82) is 0 Å². The molecule has 0 aliphatic carbocycles. The van der Waals surface area contributed by atoms with Crippen molar-refractivity contribution >= 4 is 17.2 Å². The fraction of sp³-hybridized carbons (Fsp3) is 0.467. The Morgan fingerprint density at radius 1 is 1.57 bits per heavy atom. The summed E-state index contributed by atoms with van der Waals surface area (Å²) in [6.07, 6.45) is 1.86. The normalized spacial score (nSPS) is 17.8. The third kappa shape index (κ3) is 2.73. The van der Waals surface area contributed by atoms with Crippen LogP contribution in [-0.4, -0.2) is 40.3 Å². The second-order valence-electron chi connectivity index (χ2n) is 5.20. The second kappa shape index (κ2) is 5.99. The van der Waals surface area contributed by atoms with Crippen LogP contribution in [0.2, 0.25) is 0 Å². The van der Waals surface area contributed by atoms with E-state index in [2.05, 4.69) is 5.10 Å². The third-order valence-electron chi connectivity index (χ3n) is 3.80. The zero-order valence-corrected chi connectivity index (χ0v) is 13.1. The van der Waals surface area contributed by atoms with Gasteiger partial charge in [-0.3, -0.25) is 9.48 Å². The molecule has 5 nitrogen and oxygen atoms in total. The molecule has 1 aliphatic heterocycles. The maximum atomic E-state index is 12.6. The number of fused-ring (bicyclic) bond motifs is 1. The van der Waals surface area contributed by atoms with E-state index in [-0.39, 0.29) is 11.8 Å². The number of rotatable bonds is 4. The summed E-state index contributed by atoms with van der Waals surface area (Å²) in [5, 5.41) is 6.27. The van der Waals surface area contributed by atoms with Gasteiger partial charge in [0.15, 0.2) is 0 Å². The van der Waals surface area contributed by atoms with Gasteiger partial charge in [0, 0.05) is 38.2 Å². The van der Waals surface area contributed by atoms with Crippen molar-refractivity contribution in [1.82, 2.24) is 14.7 Å². The molecular formula is C15H19N3O2S. The molecular weight excluding hydrogens is 286 g/mol. The van der Waals surface area contributed by atoms with Crippen molar-refractivity contribution in [2.24, 2.45) is 7.05 Å². The van der Waals surface area contributed by atoms with Crippen molar-refractivity contribution in [2.75, 3.05) is 19.8 Å². The molecule has 0 unspecified atom stereocenters. The van der Waals surface area contributed by atoms with Gasteiger partial charge in [-0.2, -0.15) is 5.10 Å². The molecule has 2 aromatic heterocycles. The van der Waals surface area contributed by atoms with Gasteiger partial charge in [0.25, 0.3) is 5.91 Å². The van der Waals surface area contributed by atoms with E-state index in [0.717, 1.165) is 10.4 Å². The van der Waals surface area contributed by atoms with Crippen LogP contribution in [0.3, 0.4) is 0 Å². The van der Waals surface area contributed by atoms with Crippen LogP contribution in [0.5, 0.6) is 0 Å². The van der Waals surface area contributed by atoms with Gasteiger partial charge in [0.2, 0.25) is 0 Å². The molecule has 1 aliphatic rings. The fourth-order valence-corrected chi connectivity index (χ4v) is 3.56. The standard InChI is InChI=1S/C15H19N3O2S/c1-3-20-10-12-9-18(15(19)13-5-4-6-21-13)8-11-7-16-17(2)14(11)12/h4-7,12H,3,8-10H2,1-2H3/t12-/m0/s1. The maximum Gasteiger partial charge on any atom is 0.264 e. The number of aryl methyl sites for hydroxylation is 1. The highest BCUT2D eigenvalue weighted by atomic mass is 32.1. The summed E-state index contributed by atoms with van der Waals surface area (Å²) in [6.45, 7) is 4.60. The first-order chi connectivity index (χ1) is 10.2. The average molecular weight is 305 g/mol. The highest BCUT2D eigenvalue weighted by Crippen LogP contribution is 2.29. The molecule has 0 aromatic carbocycles. The Morgan fingerprint density at radius 3 is 3.14 bits per heavy atom. The van der Waals surface area contributed by atoms with E-state index in [1.165, 1.54) is 17.0 Å². The number of amides is 1. The minimum absolute atomic E-state index is 0.0981. The zero-order valence-electron chi connectivity index (χ0n) is 12.3. The number of aromatic nitrogens is 2. The summed E-state index contributed by atoms with van der Waals surface area (Å²) in [5.41, 5.74) is 2.32. The van der Waals surface area contributed by atoms with Gasteiger partial charge >= 0.3 is 0 Å². The second-order valence-corrected chi connectivity index (χ2v) is 6.15. The van der Waals surface area contributed by atoms with Crippen LogP contribution in [0.25, 0.3) is 0 Å². The monoisotopic (exact) mass is 305 g/mol. The Labute approximate surface area is 128 Å². The van der Waals surface area contributed by atoms with Crippen molar-refractivity contribution in [3.05, 3.63) is 39.8 Å². The first-order valence-corrected chi connectivity index (χ1v) is 8.00. The lowest BCUT2D eigenvalue weighted by Crippen LogP contribution is -2.39. The lowest BCUT2D eigenvalue weighted by atomic mass is 9.97. The Balaban J connectivity index is 1.85. The molecule has 3 heterocycles. The van der Waals surface area contributed by atoms with Crippen molar-refractivity contribution < 1.29 is 9.53 Å². The van der Waals surface area contributed by atoms with Gasteiger partial charge in [-0.1, -0.05) is 6.07 Å². The summed E-state index contributed by atoms with van der Waals surface area (Å²) in [7, 11) is 1.95. The molecule has 21 heavy (non-hydrogen) atoms. The zero-order chi connectivity index (χ0) is 14.8. The molecule has 0 saturated carbocycles. The minimum atomic E-state index is 0.0981. The van der Waals surface area contributed by atoms with Gasteiger partial charge in [-0.15, -0.1) is 11.3 Å². The van der Waals surface area contributed by atoms with Crippen LogP contribution < -0.4 is 0 Å². The molecule has 0 bridgehead atoms. The number of ether oxygens (including phenoxy) is 1. The molecule has 0 fully saturated rings. The van der Waals surface area contributed by atoms with E-state index in [0.29, 0.717) is 26.3 Å². The predicted molar refractivity (Wildman–Crippen MR) is 81.5 cm³/mol. The van der Waals surface area contributed by atoms with Crippen LogP contribution in [0.1, 0.15) is 33.8 Å². The van der Waals surface area contributed by atoms with Crippen LogP contribution in [-0.2, 0) is 18.3 Å². The lowest BCUT2D eigenvalue weighted by Gasteiger charge is -2.32. The summed E-state index contributed by atoms with van der Waals surface area (Å²) >= 11 is 1.49. The van der Waals surface area contributed by atoms with Gasteiger partial charge < -0.3 is 9.64 Å². The molecule has 0 spiro atoms. The first-order valence-electron chi connectivity index (χ1n) is 7.12. The smallest absolute Gasteiger partial charge is 0.264 e. The fourth-order valence-electron chi connectivity index (χ4n) is 2.87. The molecule has 1 atom stereocenters. The Kier molecular flexibility index (Phi) is 4.07.